The van der Waals surface area contributed by atoms with Gasteiger partial charge in [-0.15, -0.1) is 0 Å². The maximum atomic E-state index is 14.0. The molecule has 0 saturated carbocycles. The first kappa shape index (κ1) is 25.2. The summed E-state index contributed by atoms with van der Waals surface area (Å²) in [4.78, 5) is 34.9. The molecule has 0 radical (unpaired) electrons. The molecule has 7 heteroatoms. The summed E-state index contributed by atoms with van der Waals surface area (Å²) in [6, 6.07) is 9.80. The number of likely N-dealkylation sites (tertiary alicyclic amines) is 1. The number of hydrogen-bond donors (Lipinski definition) is 1. The Balaban J connectivity index is 2.15. The van der Waals surface area contributed by atoms with Gasteiger partial charge in [-0.1, -0.05) is 39.0 Å². The minimum Gasteiger partial charge on any atom is -0.349 e. The predicted molar refractivity (Wildman–Crippen MR) is 133 cm³/mol. The number of amides is 2. The fraction of sp³-hybridized carbons (Fsp3) is 0.481. The van der Waals surface area contributed by atoms with Gasteiger partial charge in [0.15, 0.2) is 6.19 Å². The van der Waals surface area contributed by atoms with Crippen LogP contribution in [0.15, 0.2) is 48.8 Å². The van der Waals surface area contributed by atoms with Crippen molar-refractivity contribution >= 4 is 17.5 Å². The van der Waals surface area contributed by atoms with Crippen LogP contribution in [0.1, 0.15) is 71.6 Å². The van der Waals surface area contributed by atoms with E-state index in [1.165, 1.54) is 4.90 Å². The first-order chi connectivity index (χ1) is 15.9. The molecule has 0 aliphatic carbocycles. The van der Waals surface area contributed by atoms with Crippen LogP contribution in [0.25, 0.3) is 0 Å². The van der Waals surface area contributed by atoms with Gasteiger partial charge in [0.05, 0.1) is 0 Å². The molecule has 2 amide bonds. The third-order valence-corrected chi connectivity index (χ3v) is 5.92. The molecule has 0 spiro atoms. The lowest BCUT2D eigenvalue weighted by molar-refractivity contribution is -0.129. The number of pyridine rings is 1. The number of aromatic nitrogens is 1. The number of carbonyl (C=O) groups is 2. The molecule has 3 rings (SSSR count). The summed E-state index contributed by atoms with van der Waals surface area (Å²) in [6.07, 6.45) is 6.74. The molecule has 1 aliphatic heterocycles. The maximum absolute atomic E-state index is 14.0. The highest BCUT2D eigenvalue weighted by molar-refractivity contribution is 6.04. The smallest absolute Gasteiger partial charge is 0.251 e. The first-order valence-corrected chi connectivity index (χ1v) is 11.7. The van der Waals surface area contributed by atoms with Crippen LogP contribution in [0.3, 0.4) is 0 Å². The fourth-order valence-corrected chi connectivity index (χ4v) is 4.22. The van der Waals surface area contributed by atoms with E-state index in [9.17, 15) is 14.9 Å². The van der Waals surface area contributed by atoms with Crippen molar-refractivity contribution in [1.82, 2.24) is 15.2 Å². The monoisotopic (exact) mass is 461 g/mol. The van der Waals surface area contributed by atoms with E-state index in [1.54, 1.807) is 29.4 Å². The second-order valence-corrected chi connectivity index (χ2v) is 10.9. The summed E-state index contributed by atoms with van der Waals surface area (Å²) < 4.78 is 0. The minimum absolute atomic E-state index is 0.0528. The quantitative estimate of drug-likeness (QED) is 0.670. The third kappa shape index (κ3) is 5.74. The summed E-state index contributed by atoms with van der Waals surface area (Å²) in [5, 5.41) is 12.6. The van der Waals surface area contributed by atoms with Crippen LogP contribution in [-0.4, -0.2) is 39.8 Å². The van der Waals surface area contributed by atoms with Gasteiger partial charge in [-0.05, 0) is 62.8 Å². The van der Waals surface area contributed by atoms with Gasteiger partial charge in [0.25, 0.3) is 5.91 Å². The van der Waals surface area contributed by atoms with E-state index in [2.05, 4.69) is 37.3 Å². The normalized spacial score (nSPS) is 17.1. The van der Waals surface area contributed by atoms with Crippen molar-refractivity contribution in [3.05, 3.63) is 59.9 Å². The molecule has 180 valence electrons. The van der Waals surface area contributed by atoms with Crippen LogP contribution in [-0.2, 0) is 15.0 Å². The van der Waals surface area contributed by atoms with E-state index < -0.39 is 17.6 Å². The average Bonchev–Trinajstić information content (AvgIpc) is 3.25. The second-order valence-electron chi connectivity index (χ2n) is 10.9. The Bertz CT molecular complexity index is 1050. The van der Waals surface area contributed by atoms with Crippen molar-refractivity contribution in [3.8, 4) is 6.19 Å². The molecule has 2 aromatic rings. The Kier molecular flexibility index (Phi) is 7.30. The van der Waals surface area contributed by atoms with Crippen LogP contribution in [0, 0.1) is 11.5 Å². The average molecular weight is 462 g/mol. The Morgan fingerprint density at radius 2 is 1.82 bits per heavy atom. The van der Waals surface area contributed by atoms with Crippen molar-refractivity contribution in [1.29, 1.82) is 5.26 Å². The summed E-state index contributed by atoms with van der Waals surface area (Å²) >= 11 is 0. The molecule has 1 N–H and O–H groups in total. The Morgan fingerprint density at radius 1 is 1.15 bits per heavy atom. The van der Waals surface area contributed by atoms with Gasteiger partial charge in [0.1, 0.15) is 12.1 Å². The highest BCUT2D eigenvalue weighted by atomic mass is 16.2. The Labute approximate surface area is 202 Å². The lowest BCUT2D eigenvalue weighted by Crippen LogP contribution is -2.53. The highest BCUT2D eigenvalue weighted by Gasteiger charge is 2.40. The van der Waals surface area contributed by atoms with Gasteiger partial charge < -0.3 is 5.32 Å². The predicted octanol–water partition coefficient (Wildman–Crippen LogP) is 4.31. The highest BCUT2D eigenvalue weighted by Crippen LogP contribution is 2.33. The lowest BCUT2D eigenvalue weighted by atomic mass is 9.87. The van der Waals surface area contributed by atoms with Crippen molar-refractivity contribution < 1.29 is 9.59 Å². The van der Waals surface area contributed by atoms with Crippen LogP contribution < -0.4 is 10.2 Å². The summed E-state index contributed by atoms with van der Waals surface area (Å²) in [7, 11) is 0. The van der Waals surface area contributed by atoms with Crippen LogP contribution in [0.2, 0.25) is 0 Å². The van der Waals surface area contributed by atoms with Crippen LogP contribution >= 0.6 is 0 Å². The SMILES string of the molecule is CC(C)(C)NC(=O)C(c1cccnc1)N(C(=O)C1CCCN1C#N)c1ccc(C(C)(C)C)cc1. The zero-order valence-corrected chi connectivity index (χ0v) is 21.0. The zero-order chi connectivity index (χ0) is 25.1. The van der Waals surface area contributed by atoms with Gasteiger partial charge in [0.2, 0.25) is 5.91 Å². The van der Waals surface area contributed by atoms with E-state index in [0.717, 1.165) is 12.0 Å². The molecule has 0 bridgehead atoms. The Morgan fingerprint density at radius 3 is 2.35 bits per heavy atom. The molecule has 2 atom stereocenters. The number of nitrogens with zero attached hydrogens (tertiary/aromatic N) is 4. The van der Waals surface area contributed by atoms with Gasteiger partial charge in [-0.3, -0.25) is 24.4 Å². The van der Waals surface area contributed by atoms with Gasteiger partial charge >= 0.3 is 0 Å². The summed E-state index contributed by atoms with van der Waals surface area (Å²) in [6.45, 7) is 12.6. The topological polar surface area (TPSA) is 89.3 Å². The molecule has 1 aromatic heterocycles. The van der Waals surface area contributed by atoms with Gasteiger partial charge in [-0.25, -0.2) is 0 Å². The van der Waals surface area contributed by atoms with Crippen LogP contribution in [0.4, 0.5) is 5.69 Å². The molecule has 7 nitrogen and oxygen atoms in total. The molecule has 1 aromatic carbocycles. The van der Waals surface area contributed by atoms with Crippen molar-refractivity contribution in [2.45, 2.75) is 77.4 Å². The lowest BCUT2D eigenvalue weighted by Gasteiger charge is -2.36. The van der Waals surface area contributed by atoms with Crippen molar-refractivity contribution in [3.63, 3.8) is 0 Å². The van der Waals surface area contributed by atoms with E-state index >= 15 is 0 Å². The van der Waals surface area contributed by atoms with Crippen molar-refractivity contribution in [2.75, 3.05) is 11.4 Å². The Hall–Kier alpha value is -3.40. The molecule has 1 fully saturated rings. The second kappa shape index (κ2) is 9.84. The largest absolute Gasteiger partial charge is 0.349 e. The molecule has 34 heavy (non-hydrogen) atoms. The molecule has 2 unspecified atom stereocenters. The molecular formula is C27H35N5O2. The van der Waals surface area contributed by atoms with E-state index in [1.807, 2.05) is 45.0 Å². The number of rotatable bonds is 5. The number of anilines is 1. The number of carbonyl (C=O) groups excluding carboxylic acids is 2. The minimum atomic E-state index is -0.929. The first-order valence-electron chi connectivity index (χ1n) is 11.7. The van der Waals surface area contributed by atoms with Crippen LogP contribution in [0.5, 0.6) is 0 Å². The number of nitrogens with one attached hydrogen (secondary N) is 1. The summed E-state index contributed by atoms with van der Waals surface area (Å²) in [5.74, 6) is -0.560. The molecule has 2 heterocycles. The molecular weight excluding hydrogens is 426 g/mol. The van der Waals surface area contributed by atoms with E-state index in [4.69, 9.17) is 0 Å². The van der Waals surface area contributed by atoms with Crippen molar-refractivity contribution in [2.24, 2.45) is 0 Å². The number of hydrogen-bond acceptors (Lipinski definition) is 5. The maximum Gasteiger partial charge on any atom is 0.251 e. The third-order valence-electron chi connectivity index (χ3n) is 5.92. The van der Waals surface area contributed by atoms with E-state index in [0.29, 0.717) is 24.2 Å². The van der Waals surface area contributed by atoms with Gasteiger partial charge in [-0.2, -0.15) is 5.26 Å². The number of nitriles is 1. The molecule has 1 aliphatic rings. The van der Waals surface area contributed by atoms with E-state index in [-0.39, 0.29) is 17.2 Å². The summed E-state index contributed by atoms with van der Waals surface area (Å²) in [5.41, 5.74) is 1.80. The number of benzene rings is 1. The van der Waals surface area contributed by atoms with Gasteiger partial charge in [0, 0.05) is 35.7 Å². The fourth-order valence-electron chi connectivity index (χ4n) is 4.22. The standard InChI is InChI=1S/C27H35N5O2/c1-26(2,3)20-11-13-21(14-12-20)32(25(34)22-10-8-16-31(22)18-28)23(19-9-7-15-29-17-19)24(33)30-27(4,5)6/h7,9,11-15,17,22-23H,8,10,16H2,1-6H3,(H,30,33). The molecule has 1 saturated heterocycles. The zero-order valence-electron chi connectivity index (χ0n) is 21.0.